The van der Waals surface area contributed by atoms with Gasteiger partial charge in [-0.25, -0.2) is 9.97 Å². The lowest BCUT2D eigenvalue weighted by Crippen LogP contribution is -2.24. The third kappa shape index (κ3) is 3.75. The number of ketones is 1. The number of carbonyl (C=O) groups is 2. The molecule has 0 atom stereocenters. The van der Waals surface area contributed by atoms with E-state index in [4.69, 9.17) is 9.10 Å². The predicted molar refractivity (Wildman–Crippen MR) is 129 cm³/mol. The predicted octanol–water partition coefficient (Wildman–Crippen LogP) is 4.43. The number of carbonyl (C=O) groups excluding carboxylic acids is 2. The summed E-state index contributed by atoms with van der Waals surface area (Å²) in [6.45, 7) is 0.214. The van der Waals surface area contributed by atoms with Crippen LogP contribution in [0.3, 0.4) is 0 Å². The molecule has 1 aliphatic heterocycles. The van der Waals surface area contributed by atoms with Gasteiger partial charge in [0.15, 0.2) is 5.78 Å². The summed E-state index contributed by atoms with van der Waals surface area (Å²) < 4.78 is 24.7. The first-order chi connectivity index (χ1) is 17.0. The molecule has 0 radical (unpaired) electrons. The van der Waals surface area contributed by atoms with Gasteiger partial charge in [0.05, 0.1) is 40.6 Å². The highest BCUT2D eigenvalue weighted by molar-refractivity contribution is 6.03. The molecule has 1 aliphatic carbocycles. The minimum absolute atomic E-state index is 0.00843. The summed E-state index contributed by atoms with van der Waals surface area (Å²) in [5, 5.41) is 6.14. The number of anilines is 4. The van der Waals surface area contributed by atoms with Crippen molar-refractivity contribution >= 4 is 34.6 Å². The first-order valence-electron chi connectivity index (χ1n) is 12.5. The zero-order valence-electron chi connectivity index (χ0n) is 21.9. The van der Waals surface area contributed by atoms with Gasteiger partial charge in [-0.05, 0) is 25.8 Å². The van der Waals surface area contributed by atoms with E-state index in [1.165, 1.54) is 6.20 Å². The molecule has 0 spiro atoms. The first-order valence-corrected chi connectivity index (χ1v) is 11.0. The van der Waals surface area contributed by atoms with E-state index >= 15 is 0 Å². The molecule has 33 heavy (non-hydrogen) atoms. The average Bonchev–Trinajstić information content (AvgIpc) is 3.61. The van der Waals surface area contributed by atoms with Gasteiger partial charge in [-0.15, -0.1) is 0 Å². The fraction of sp³-hybridized carbons (Fsp3) is 0.360. The Labute approximate surface area is 197 Å². The summed E-state index contributed by atoms with van der Waals surface area (Å²) >= 11 is 0. The number of hydrogen-bond acceptors (Lipinski definition) is 6. The summed E-state index contributed by atoms with van der Waals surface area (Å²) in [7, 11) is 3.99. The molecular formula is C25H28N6O2. The number of nitrogens with zero attached hydrogens (tertiary/aromatic N) is 4. The molecule has 8 nitrogen and oxygen atoms in total. The van der Waals surface area contributed by atoms with Crippen LogP contribution < -0.4 is 15.5 Å². The molecule has 1 fully saturated rings. The van der Waals surface area contributed by atoms with E-state index in [2.05, 4.69) is 25.1 Å². The van der Waals surface area contributed by atoms with E-state index in [-0.39, 0.29) is 17.4 Å². The summed E-state index contributed by atoms with van der Waals surface area (Å²) in [4.78, 5) is 36.3. The number of aromatic nitrogens is 3. The van der Waals surface area contributed by atoms with E-state index in [1.807, 2.05) is 39.2 Å². The number of fused-ring (bicyclic) bond motifs is 3. The fourth-order valence-corrected chi connectivity index (χ4v) is 4.27. The second-order valence-corrected chi connectivity index (χ2v) is 8.67. The van der Waals surface area contributed by atoms with Crippen molar-refractivity contribution in [1.29, 1.82) is 0 Å². The monoisotopic (exact) mass is 447 g/mol. The smallest absolute Gasteiger partial charge is 0.228 e. The van der Waals surface area contributed by atoms with Crippen molar-refractivity contribution in [2.45, 2.75) is 39.6 Å². The number of Topliss-reactive ketones (excluding diaryl/α,β-unsaturated/α-hetero) is 1. The fourth-order valence-electron chi connectivity index (χ4n) is 4.27. The largest absolute Gasteiger partial charge is 0.366 e. The van der Waals surface area contributed by atoms with Gasteiger partial charge in [0.2, 0.25) is 5.91 Å². The number of aryl methyl sites for hydroxylation is 1. The van der Waals surface area contributed by atoms with Crippen LogP contribution in [0, 0.1) is 12.8 Å². The van der Waals surface area contributed by atoms with Gasteiger partial charge in [0.1, 0.15) is 11.6 Å². The Bertz CT molecular complexity index is 1380. The zero-order valence-corrected chi connectivity index (χ0v) is 18.9. The van der Waals surface area contributed by atoms with Gasteiger partial charge in [0.25, 0.3) is 0 Å². The SMILES string of the molecule is [2H]C([2H])([2H])CC(=O)c1cnc(NC(=O)C2CC2)cc1Nc1cccc2c1N(C)Cc1c-2nc(C)n1C. The van der Waals surface area contributed by atoms with E-state index in [0.717, 1.165) is 47.0 Å². The molecule has 1 amide bonds. The molecule has 0 saturated heterocycles. The van der Waals surface area contributed by atoms with Crippen molar-refractivity contribution in [3.05, 3.63) is 47.5 Å². The van der Waals surface area contributed by atoms with Crippen molar-refractivity contribution in [3.63, 3.8) is 0 Å². The molecule has 2 aromatic heterocycles. The quantitative estimate of drug-likeness (QED) is 0.543. The topological polar surface area (TPSA) is 92.2 Å². The van der Waals surface area contributed by atoms with Crippen LogP contribution in [-0.2, 0) is 18.4 Å². The highest BCUT2D eigenvalue weighted by Crippen LogP contribution is 2.43. The minimum Gasteiger partial charge on any atom is -0.366 e. The molecule has 170 valence electrons. The first kappa shape index (κ1) is 17.8. The second-order valence-electron chi connectivity index (χ2n) is 8.67. The van der Waals surface area contributed by atoms with Crippen LogP contribution >= 0.6 is 0 Å². The van der Waals surface area contributed by atoms with Crippen LogP contribution in [0.15, 0.2) is 30.5 Å². The van der Waals surface area contributed by atoms with Crippen LogP contribution in [0.4, 0.5) is 22.9 Å². The normalized spacial score (nSPS) is 16.2. The second kappa shape index (κ2) is 8.03. The molecule has 5 rings (SSSR count). The maximum absolute atomic E-state index is 12.9. The van der Waals surface area contributed by atoms with Crippen molar-refractivity contribution in [1.82, 2.24) is 14.5 Å². The molecule has 2 aliphatic rings. The average molecular weight is 448 g/mol. The number of imidazole rings is 1. The number of rotatable bonds is 6. The molecule has 3 aromatic rings. The maximum Gasteiger partial charge on any atom is 0.228 e. The van der Waals surface area contributed by atoms with Gasteiger partial charge < -0.3 is 20.1 Å². The van der Waals surface area contributed by atoms with Crippen LogP contribution in [-0.4, -0.2) is 33.3 Å². The number of benzene rings is 1. The van der Waals surface area contributed by atoms with Crippen LogP contribution in [0.2, 0.25) is 0 Å². The lowest BCUT2D eigenvalue weighted by Gasteiger charge is -2.30. The Hall–Kier alpha value is -3.68. The minimum atomic E-state index is -2.41. The number of amides is 1. The molecule has 0 unspecified atom stereocenters. The summed E-state index contributed by atoms with van der Waals surface area (Å²) in [6, 6.07) is 7.41. The Balaban J connectivity index is 1.55. The van der Waals surface area contributed by atoms with Crippen molar-refractivity contribution in [2.24, 2.45) is 13.0 Å². The van der Waals surface area contributed by atoms with Crippen LogP contribution in [0.25, 0.3) is 11.3 Å². The van der Waals surface area contributed by atoms with Crippen LogP contribution in [0.1, 0.15) is 52.1 Å². The number of para-hydroxylation sites is 1. The highest BCUT2D eigenvalue weighted by atomic mass is 16.2. The van der Waals surface area contributed by atoms with Gasteiger partial charge >= 0.3 is 0 Å². The Morgan fingerprint density at radius 2 is 2.06 bits per heavy atom. The zero-order chi connectivity index (χ0) is 25.8. The van der Waals surface area contributed by atoms with Crippen molar-refractivity contribution < 1.29 is 13.7 Å². The van der Waals surface area contributed by atoms with Gasteiger partial charge in [-0.1, -0.05) is 19.0 Å². The third-order valence-electron chi connectivity index (χ3n) is 6.33. The van der Waals surface area contributed by atoms with Crippen molar-refractivity contribution in [3.8, 4) is 11.3 Å². The molecule has 1 saturated carbocycles. The van der Waals surface area contributed by atoms with Gasteiger partial charge in [-0.2, -0.15) is 0 Å². The standard InChI is InChI=1S/C25H28N6O2/c1-5-21(32)17-12-26-22(29-25(33)15-9-10-15)11-19(17)28-18-8-6-7-16-23-20(13-30(3)24(16)18)31(4)14(2)27-23/h6-8,11-12,15H,5,9-10,13H2,1-4H3,(H2,26,28,29,33)/i1D3. The molecular weight excluding hydrogens is 416 g/mol. The number of nitrogens with one attached hydrogen (secondary N) is 2. The molecule has 2 N–H and O–H groups in total. The van der Waals surface area contributed by atoms with E-state index in [9.17, 15) is 9.59 Å². The van der Waals surface area contributed by atoms with E-state index in [1.54, 1.807) is 6.07 Å². The Morgan fingerprint density at radius 1 is 1.24 bits per heavy atom. The van der Waals surface area contributed by atoms with Crippen LogP contribution in [0.5, 0.6) is 0 Å². The van der Waals surface area contributed by atoms with E-state index < -0.39 is 19.1 Å². The van der Waals surface area contributed by atoms with Gasteiger partial charge in [0, 0.05) is 48.4 Å². The molecule has 0 bridgehead atoms. The summed E-state index contributed by atoms with van der Waals surface area (Å²) in [5.74, 6) is 0.560. The van der Waals surface area contributed by atoms with Crippen molar-refractivity contribution in [2.75, 3.05) is 22.6 Å². The Kier molecular flexibility index (Phi) is 4.34. The summed E-state index contributed by atoms with van der Waals surface area (Å²) in [6.07, 6.45) is 2.42. The molecule has 8 heteroatoms. The molecule has 1 aromatic carbocycles. The highest BCUT2D eigenvalue weighted by Gasteiger charge is 2.30. The maximum atomic E-state index is 12.9. The summed E-state index contributed by atoms with van der Waals surface area (Å²) in [5.41, 5.74) is 5.17. The lowest BCUT2D eigenvalue weighted by molar-refractivity contribution is -0.117. The van der Waals surface area contributed by atoms with E-state index in [0.29, 0.717) is 18.1 Å². The van der Waals surface area contributed by atoms with Gasteiger partial charge in [-0.3, -0.25) is 9.59 Å². The lowest BCUT2D eigenvalue weighted by atomic mass is 10.0. The third-order valence-corrected chi connectivity index (χ3v) is 6.33. The number of hydrogen-bond donors (Lipinski definition) is 2. The number of pyridine rings is 1. The molecule has 3 heterocycles. The Morgan fingerprint density at radius 3 is 2.82 bits per heavy atom.